The number of imidazole rings is 1. The van der Waals surface area contributed by atoms with E-state index in [1.807, 2.05) is 0 Å². The van der Waals surface area contributed by atoms with Gasteiger partial charge in [-0.05, 0) is 22.9 Å². The Kier molecular flexibility index (Phi) is 2.88. The second-order valence-electron chi connectivity index (χ2n) is 3.43. The summed E-state index contributed by atoms with van der Waals surface area (Å²) >= 11 is 3.39. The van der Waals surface area contributed by atoms with Crippen molar-refractivity contribution in [1.29, 1.82) is 0 Å². The number of rotatable bonds is 2. The first kappa shape index (κ1) is 11.6. The van der Waals surface area contributed by atoms with Crippen LogP contribution in [0.1, 0.15) is 5.82 Å². The van der Waals surface area contributed by atoms with Gasteiger partial charge in [0.15, 0.2) is 0 Å². The number of nitrogens with one attached hydrogen (secondary N) is 1. The van der Waals surface area contributed by atoms with Crippen molar-refractivity contribution in [2.75, 3.05) is 5.43 Å². The lowest BCUT2D eigenvalue weighted by Gasteiger charge is -2.01. The van der Waals surface area contributed by atoms with Crippen molar-refractivity contribution in [2.45, 2.75) is 6.92 Å². The number of nitrogens with zero attached hydrogens (tertiary/aromatic N) is 4. The molecule has 7 nitrogen and oxygen atoms in total. The second-order valence-corrected chi connectivity index (χ2v) is 4.18. The Bertz CT molecular complexity index is 574. The predicted molar refractivity (Wildman–Crippen MR) is 64.3 cm³/mol. The summed E-state index contributed by atoms with van der Waals surface area (Å²) in [6, 6.07) is 0. The molecule has 0 spiro atoms. The number of aromatic nitrogens is 4. The van der Waals surface area contributed by atoms with E-state index in [1.165, 1.54) is 4.68 Å². The van der Waals surface area contributed by atoms with Crippen LogP contribution in [-0.2, 0) is 7.05 Å². The Balaban J connectivity index is 2.41. The van der Waals surface area contributed by atoms with Crippen LogP contribution in [0.2, 0.25) is 0 Å². The lowest BCUT2D eigenvalue weighted by molar-refractivity contribution is 0.206. The quantitative estimate of drug-likeness (QED) is 0.881. The summed E-state index contributed by atoms with van der Waals surface area (Å²) in [6.07, 6.45) is 2.13. The molecule has 2 aromatic rings. The number of halogens is 1. The summed E-state index contributed by atoms with van der Waals surface area (Å²) in [5, 5.41) is 12.7. The zero-order valence-corrected chi connectivity index (χ0v) is 10.8. The zero-order valence-electron chi connectivity index (χ0n) is 9.18. The van der Waals surface area contributed by atoms with Gasteiger partial charge in [-0.25, -0.2) is 19.9 Å². The van der Waals surface area contributed by atoms with Crippen LogP contribution in [0.25, 0.3) is 11.3 Å². The second kappa shape index (κ2) is 4.21. The van der Waals surface area contributed by atoms with E-state index in [0.29, 0.717) is 11.5 Å². The van der Waals surface area contributed by atoms with Gasteiger partial charge in [0.2, 0.25) is 0 Å². The third-order valence-corrected chi connectivity index (χ3v) is 3.18. The van der Waals surface area contributed by atoms with Gasteiger partial charge in [-0.1, -0.05) is 0 Å². The van der Waals surface area contributed by atoms with E-state index in [-0.39, 0.29) is 0 Å². The van der Waals surface area contributed by atoms with Gasteiger partial charge in [-0.2, -0.15) is 5.10 Å². The molecule has 0 unspecified atom stereocenters. The van der Waals surface area contributed by atoms with Gasteiger partial charge in [0, 0.05) is 7.05 Å². The van der Waals surface area contributed by atoms with Crippen molar-refractivity contribution in [2.24, 2.45) is 7.05 Å². The Labute approximate surface area is 105 Å². The SMILES string of the molecule is Cc1nc(-c2cnn(C)c2Br)cn1NC(=O)O. The summed E-state index contributed by atoms with van der Waals surface area (Å²) in [6.45, 7) is 1.71. The monoisotopic (exact) mass is 299 g/mol. The number of carbonyl (C=O) groups is 1. The summed E-state index contributed by atoms with van der Waals surface area (Å²) in [5.74, 6) is 0.554. The number of aryl methyl sites for hydroxylation is 2. The maximum atomic E-state index is 10.6. The summed E-state index contributed by atoms with van der Waals surface area (Å²) in [7, 11) is 1.80. The minimum Gasteiger partial charge on any atom is -0.464 e. The van der Waals surface area contributed by atoms with Crippen molar-refractivity contribution in [3.63, 3.8) is 0 Å². The fourth-order valence-electron chi connectivity index (χ4n) is 1.41. The molecule has 0 aliphatic rings. The van der Waals surface area contributed by atoms with Crippen LogP contribution in [0.4, 0.5) is 4.79 Å². The van der Waals surface area contributed by atoms with E-state index < -0.39 is 6.09 Å². The molecule has 2 N–H and O–H groups in total. The van der Waals surface area contributed by atoms with Crippen molar-refractivity contribution in [3.05, 3.63) is 22.8 Å². The highest BCUT2D eigenvalue weighted by atomic mass is 79.9. The van der Waals surface area contributed by atoms with Gasteiger partial charge in [0.05, 0.1) is 23.7 Å². The molecule has 0 aliphatic carbocycles. The molecule has 1 amide bonds. The van der Waals surface area contributed by atoms with E-state index >= 15 is 0 Å². The van der Waals surface area contributed by atoms with Crippen LogP contribution in [-0.4, -0.2) is 30.6 Å². The van der Waals surface area contributed by atoms with E-state index in [0.717, 1.165) is 10.2 Å². The zero-order chi connectivity index (χ0) is 12.6. The maximum absolute atomic E-state index is 10.6. The predicted octanol–water partition coefficient (Wildman–Crippen LogP) is 1.58. The standard InChI is InChI=1S/C9H10BrN5O2/c1-5-12-7(4-15(5)13-9(16)17)6-3-11-14(2)8(6)10/h3-4,13H,1-2H3,(H,16,17). The molecule has 0 aliphatic heterocycles. The van der Waals surface area contributed by atoms with E-state index in [2.05, 4.69) is 31.4 Å². The highest BCUT2D eigenvalue weighted by Crippen LogP contribution is 2.26. The van der Waals surface area contributed by atoms with E-state index in [9.17, 15) is 4.79 Å². The molecule has 17 heavy (non-hydrogen) atoms. The Morgan fingerprint density at radius 2 is 2.29 bits per heavy atom. The fourth-order valence-corrected chi connectivity index (χ4v) is 1.81. The molecule has 2 rings (SSSR count). The van der Waals surface area contributed by atoms with Gasteiger partial charge >= 0.3 is 6.09 Å². The first-order valence-electron chi connectivity index (χ1n) is 4.73. The number of hydrogen-bond donors (Lipinski definition) is 2. The van der Waals surface area contributed by atoms with Crippen molar-refractivity contribution >= 4 is 22.0 Å². The van der Waals surface area contributed by atoms with Crippen molar-refractivity contribution < 1.29 is 9.90 Å². The Morgan fingerprint density at radius 1 is 1.59 bits per heavy atom. The van der Waals surface area contributed by atoms with Gasteiger partial charge in [-0.15, -0.1) is 0 Å². The molecule has 0 fully saturated rings. The molecule has 0 saturated heterocycles. The molecular formula is C9H10BrN5O2. The van der Waals surface area contributed by atoms with Gasteiger partial charge in [0.25, 0.3) is 0 Å². The summed E-state index contributed by atoms with van der Waals surface area (Å²) < 4.78 is 3.79. The van der Waals surface area contributed by atoms with Crippen LogP contribution < -0.4 is 5.43 Å². The van der Waals surface area contributed by atoms with Crippen LogP contribution >= 0.6 is 15.9 Å². The molecule has 2 heterocycles. The lowest BCUT2D eigenvalue weighted by Crippen LogP contribution is -2.20. The highest BCUT2D eigenvalue weighted by molar-refractivity contribution is 9.10. The first-order valence-corrected chi connectivity index (χ1v) is 5.52. The molecule has 8 heteroatoms. The van der Waals surface area contributed by atoms with Crippen LogP contribution in [0.5, 0.6) is 0 Å². The molecule has 90 valence electrons. The average molecular weight is 300 g/mol. The molecular weight excluding hydrogens is 290 g/mol. The normalized spacial score (nSPS) is 10.5. The van der Waals surface area contributed by atoms with Crippen LogP contribution in [0.3, 0.4) is 0 Å². The molecule has 2 aromatic heterocycles. The summed E-state index contributed by atoms with van der Waals surface area (Å²) in [5.41, 5.74) is 3.67. The Hall–Kier alpha value is -1.83. The average Bonchev–Trinajstić information content (AvgIpc) is 2.73. The van der Waals surface area contributed by atoms with Crippen molar-refractivity contribution in [3.8, 4) is 11.3 Å². The summed E-state index contributed by atoms with van der Waals surface area (Å²) in [4.78, 5) is 14.8. The smallest absolute Gasteiger partial charge is 0.424 e. The molecule has 0 aromatic carbocycles. The Morgan fingerprint density at radius 3 is 2.82 bits per heavy atom. The van der Waals surface area contributed by atoms with E-state index in [4.69, 9.17) is 5.11 Å². The molecule has 0 bridgehead atoms. The first-order chi connectivity index (χ1) is 7.99. The number of carboxylic acid groups (broad SMARTS) is 1. The maximum Gasteiger partial charge on any atom is 0.424 e. The number of hydrogen-bond acceptors (Lipinski definition) is 3. The van der Waals surface area contributed by atoms with Gasteiger partial charge < -0.3 is 5.11 Å². The minimum absolute atomic E-state index is 0.554. The minimum atomic E-state index is -1.14. The van der Waals surface area contributed by atoms with Gasteiger partial charge in [0.1, 0.15) is 10.4 Å². The molecule has 0 radical (unpaired) electrons. The lowest BCUT2D eigenvalue weighted by atomic mass is 10.3. The number of amides is 1. The fraction of sp³-hybridized carbons (Fsp3) is 0.222. The van der Waals surface area contributed by atoms with Crippen LogP contribution in [0, 0.1) is 6.92 Å². The third-order valence-electron chi connectivity index (χ3n) is 2.24. The molecule has 0 saturated carbocycles. The van der Waals surface area contributed by atoms with Crippen molar-refractivity contribution in [1.82, 2.24) is 19.4 Å². The van der Waals surface area contributed by atoms with Crippen LogP contribution in [0.15, 0.2) is 17.0 Å². The molecule has 0 atom stereocenters. The third kappa shape index (κ3) is 2.16. The largest absolute Gasteiger partial charge is 0.464 e. The van der Waals surface area contributed by atoms with E-state index in [1.54, 1.807) is 31.0 Å². The topological polar surface area (TPSA) is 85.0 Å². The van der Waals surface area contributed by atoms with Gasteiger partial charge in [-0.3, -0.25) is 4.68 Å². The highest BCUT2D eigenvalue weighted by Gasteiger charge is 2.13.